The predicted octanol–water partition coefficient (Wildman–Crippen LogP) is 2.12. The van der Waals surface area contributed by atoms with Gasteiger partial charge in [0.15, 0.2) is 15.8 Å². The first-order chi connectivity index (χ1) is 10.5. The number of para-hydroxylation sites is 1. The first-order valence-corrected chi connectivity index (χ1v) is 9.58. The molecule has 2 rings (SSSR count). The van der Waals surface area contributed by atoms with Gasteiger partial charge >= 0.3 is 0 Å². The van der Waals surface area contributed by atoms with E-state index in [2.05, 4.69) is 36.3 Å². The Morgan fingerprint density at radius 3 is 2.45 bits per heavy atom. The van der Waals surface area contributed by atoms with Crippen molar-refractivity contribution in [3.8, 4) is 0 Å². The van der Waals surface area contributed by atoms with Gasteiger partial charge in [-0.1, -0.05) is 32.0 Å². The number of hydrogen-bond donors (Lipinski definition) is 2. The lowest BCUT2D eigenvalue weighted by atomic mass is 10.0. The van der Waals surface area contributed by atoms with Gasteiger partial charge in [-0.25, -0.2) is 8.42 Å². The molecule has 0 spiro atoms. The molecule has 0 radical (unpaired) electrons. The molecule has 5 nitrogen and oxygen atoms in total. The van der Waals surface area contributed by atoms with Crippen molar-refractivity contribution < 1.29 is 8.42 Å². The summed E-state index contributed by atoms with van der Waals surface area (Å²) in [6, 6.07) is 6.17. The van der Waals surface area contributed by atoms with Gasteiger partial charge in [-0.05, 0) is 36.8 Å². The number of guanidine groups is 1. The minimum Gasteiger partial charge on any atom is -0.370 e. The van der Waals surface area contributed by atoms with Crippen molar-refractivity contribution in [1.82, 2.24) is 0 Å². The van der Waals surface area contributed by atoms with Crippen LogP contribution in [0.4, 0.5) is 5.69 Å². The first kappa shape index (κ1) is 16.8. The zero-order valence-corrected chi connectivity index (χ0v) is 14.1. The van der Waals surface area contributed by atoms with Crippen molar-refractivity contribution in [2.24, 2.45) is 10.7 Å². The van der Waals surface area contributed by atoms with E-state index in [1.54, 1.807) is 0 Å². The minimum atomic E-state index is -2.97. The van der Waals surface area contributed by atoms with Gasteiger partial charge in [-0.2, -0.15) is 0 Å². The Morgan fingerprint density at radius 2 is 1.95 bits per heavy atom. The highest BCUT2D eigenvalue weighted by Gasteiger charge is 2.30. The number of aryl methyl sites for hydroxylation is 2. The van der Waals surface area contributed by atoms with Gasteiger partial charge in [0.1, 0.15) is 0 Å². The molecule has 1 aromatic carbocycles. The average Bonchev–Trinajstić information content (AvgIpc) is 2.84. The largest absolute Gasteiger partial charge is 0.370 e. The summed E-state index contributed by atoms with van der Waals surface area (Å²) in [5.41, 5.74) is 9.34. The van der Waals surface area contributed by atoms with E-state index in [0.29, 0.717) is 6.42 Å². The van der Waals surface area contributed by atoms with Crippen LogP contribution in [0.5, 0.6) is 0 Å². The molecule has 1 saturated heterocycles. The summed E-state index contributed by atoms with van der Waals surface area (Å²) in [5, 5.41) is 2.79. The molecular formula is C16H25N3O2S. The van der Waals surface area contributed by atoms with E-state index in [1.165, 1.54) is 11.1 Å². The van der Waals surface area contributed by atoms with Crippen LogP contribution in [0.15, 0.2) is 23.2 Å². The Morgan fingerprint density at radius 1 is 1.32 bits per heavy atom. The van der Waals surface area contributed by atoms with Gasteiger partial charge in [0.25, 0.3) is 0 Å². The van der Waals surface area contributed by atoms with Crippen molar-refractivity contribution in [3.05, 3.63) is 29.3 Å². The second-order valence-corrected chi connectivity index (χ2v) is 8.04. The Balaban J connectivity index is 2.12. The van der Waals surface area contributed by atoms with Crippen LogP contribution in [0.2, 0.25) is 0 Å². The van der Waals surface area contributed by atoms with Crippen LogP contribution in [-0.2, 0) is 22.7 Å². The molecule has 0 saturated carbocycles. The summed E-state index contributed by atoms with van der Waals surface area (Å²) in [7, 11) is -2.97. The Bertz CT molecular complexity index is 631. The number of nitrogens with zero attached hydrogens (tertiary/aromatic N) is 1. The zero-order chi connectivity index (χ0) is 16.2. The Labute approximate surface area is 132 Å². The molecule has 1 heterocycles. The molecular weight excluding hydrogens is 298 g/mol. The highest BCUT2D eigenvalue weighted by Crippen LogP contribution is 2.23. The lowest BCUT2D eigenvalue weighted by Gasteiger charge is -2.15. The maximum Gasteiger partial charge on any atom is 0.193 e. The normalized spacial score (nSPS) is 21.0. The predicted molar refractivity (Wildman–Crippen MR) is 92.1 cm³/mol. The van der Waals surface area contributed by atoms with Crippen molar-refractivity contribution >= 4 is 21.5 Å². The number of benzene rings is 1. The van der Waals surface area contributed by atoms with E-state index >= 15 is 0 Å². The van der Waals surface area contributed by atoms with Crippen LogP contribution >= 0.6 is 0 Å². The molecule has 0 aromatic heterocycles. The number of nitrogens with two attached hydrogens (primary N) is 1. The minimum absolute atomic E-state index is 0.247. The van der Waals surface area contributed by atoms with E-state index in [4.69, 9.17) is 5.73 Å². The van der Waals surface area contributed by atoms with Gasteiger partial charge in [0.2, 0.25) is 0 Å². The first-order valence-electron chi connectivity index (χ1n) is 7.87. The molecule has 6 heteroatoms. The highest BCUT2D eigenvalue weighted by atomic mass is 32.2. The molecule has 0 aliphatic carbocycles. The van der Waals surface area contributed by atoms with Crippen LogP contribution in [0.3, 0.4) is 0 Å². The molecule has 1 atom stereocenters. The number of hydrogen-bond acceptors (Lipinski definition) is 3. The fourth-order valence-corrected chi connectivity index (χ4v) is 4.56. The quantitative estimate of drug-likeness (QED) is 0.642. The maximum absolute atomic E-state index is 11.8. The number of anilines is 1. The molecule has 3 N–H and O–H groups in total. The lowest BCUT2D eigenvalue weighted by molar-refractivity contribution is 0.590. The molecule has 1 aliphatic heterocycles. The summed E-state index contributed by atoms with van der Waals surface area (Å²) >= 11 is 0. The number of rotatable bonds is 5. The second-order valence-electron chi connectivity index (χ2n) is 5.64. The lowest BCUT2D eigenvalue weighted by Crippen LogP contribution is -2.27. The van der Waals surface area contributed by atoms with E-state index in [0.717, 1.165) is 24.9 Å². The zero-order valence-electron chi connectivity index (χ0n) is 13.3. The topological polar surface area (TPSA) is 84.5 Å². The molecule has 1 fully saturated rings. The average molecular weight is 323 g/mol. The molecule has 0 bridgehead atoms. The van der Waals surface area contributed by atoms with E-state index < -0.39 is 9.84 Å². The summed E-state index contributed by atoms with van der Waals surface area (Å²) in [4.78, 5) is 4.25. The summed E-state index contributed by atoms with van der Waals surface area (Å²) in [6.07, 6.45) is 3.22. The van der Waals surface area contributed by atoms with Crippen LogP contribution in [0.1, 0.15) is 37.8 Å². The van der Waals surface area contributed by atoms with Crippen LogP contribution < -0.4 is 11.1 Å². The number of aliphatic imine (C=N–C) groups is 1. The molecule has 1 unspecified atom stereocenters. The molecule has 0 amide bonds. The van der Waals surface area contributed by atoms with Gasteiger partial charge < -0.3 is 11.1 Å². The Kier molecular flexibility index (Phi) is 5.45. The molecule has 1 aromatic rings. The fraction of sp³-hybridized carbons (Fsp3) is 0.562. The number of nitrogens with one attached hydrogen (secondary N) is 1. The van der Waals surface area contributed by atoms with Gasteiger partial charge in [0.05, 0.1) is 17.5 Å². The third kappa shape index (κ3) is 3.80. The maximum atomic E-state index is 11.8. The van der Waals surface area contributed by atoms with E-state index in [1.807, 2.05) is 6.07 Å². The van der Waals surface area contributed by atoms with Crippen molar-refractivity contribution in [2.45, 2.75) is 44.8 Å². The van der Waals surface area contributed by atoms with Crippen molar-refractivity contribution in [2.75, 3.05) is 17.6 Å². The highest BCUT2D eigenvalue weighted by molar-refractivity contribution is 7.92. The SMILES string of the molecule is CCc1cccc(CC)c1NC(N)=NCC1CCCS1(=O)=O. The van der Waals surface area contributed by atoms with Gasteiger partial charge in [-0.15, -0.1) is 0 Å². The van der Waals surface area contributed by atoms with Gasteiger partial charge in [-0.3, -0.25) is 4.99 Å². The monoisotopic (exact) mass is 323 g/mol. The van der Waals surface area contributed by atoms with Crippen LogP contribution in [0.25, 0.3) is 0 Å². The molecule has 1 aliphatic rings. The van der Waals surface area contributed by atoms with E-state index in [-0.39, 0.29) is 23.5 Å². The van der Waals surface area contributed by atoms with Crippen molar-refractivity contribution in [1.29, 1.82) is 0 Å². The summed E-state index contributed by atoms with van der Waals surface area (Å²) in [6.45, 7) is 4.44. The second kappa shape index (κ2) is 7.13. The van der Waals surface area contributed by atoms with Crippen LogP contribution in [0, 0.1) is 0 Å². The summed E-state index contributed by atoms with van der Waals surface area (Å²) in [5.74, 6) is 0.566. The third-order valence-corrected chi connectivity index (χ3v) is 6.44. The number of sulfone groups is 1. The summed E-state index contributed by atoms with van der Waals surface area (Å²) < 4.78 is 23.6. The van der Waals surface area contributed by atoms with E-state index in [9.17, 15) is 8.42 Å². The Hall–Kier alpha value is -1.56. The van der Waals surface area contributed by atoms with Crippen molar-refractivity contribution in [3.63, 3.8) is 0 Å². The fourth-order valence-electron chi connectivity index (χ4n) is 2.83. The van der Waals surface area contributed by atoms with Gasteiger partial charge in [0, 0.05) is 5.69 Å². The smallest absolute Gasteiger partial charge is 0.193 e. The standard InChI is InChI=1S/C16H25N3O2S/c1-3-12-7-5-8-13(4-2)15(12)19-16(17)18-11-14-9-6-10-22(14,20)21/h5,7-8,14H,3-4,6,9-11H2,1-2H3,(H3,17,18,19). The van der Waals surface area contributed by atoms with Crippen LogP contribution in [-0.4, -0.2) is 31.9 Å². The third-order valence-electron chi connectivity index (χ3n) is 4.18. The molecule has 122 valence electrons. The molecule has 22 heavy (non-hydrogen) atoms.